The quantitative estimate of drug-likeness (QED) is 0.272. The smallest absolute Gasteiger partial charge is 0.348 e. The van der Waals surface area contributed by atoms with E-state index >= 15 is 0 Å². The molecule has 0 spiro atoms. The van der Waals surface area contributed by atoms with Crippen molar-refractivity contribution < 1.29 is 19.0 Å². The molecule has 0 aliphatic heterocycles. The molecule has 0 aromatic heterocycles. The summed E-state index contributed by atoms with van der Waals surface area (Å²) in [7, 11) is 0. The molecule has 5 nitrogen and oxygen atoms in total. The summed E-state index contributed by atoms with van der Waals surface area (Å²) in [6.07, 6.45) is 0.491. The van der Waals surface area contributed by atoms with Gasteiger partial charge in [-0.05, 0) is 20.3 Å². The van der Waals surface area contributed by atoms with E-state index in [1.54, 1.807) is 13.0 Å². The highest BCUT2D eigenvalue weighted by Gasteiger charge is 2.14. The fraction of sp³-hybridized carbons (Fsp3) is 0.692. The van der Waals surface area contributed by atoms with Gasteiger partial charge in [0, 0.05) is 6.61 Å². The van der Waals surface area contributed by atoms with Crippen LogP contribution in [0.15, 0.2) is 12.2 Å². The Kier molecular flexibility index (Phi) is 8.89. The highest BCUT2D eigenvalue weighted by molar-refractivity contribution is 5.91. The van der Waals surface area contributed by atoms with Crippen LogP contribution >= 0.6 is 0 Å². The van der Waals surface area contributed by atoms with Gasteiger partial charge in [-0.1, -0.05) is 13.5 Å². The van der Waals surface area contributed by atoms with Crippen LogP contribution in [0.25, 0.3) is 0 Å². The van der Waals surface area contributed by atoms with E-state index in [1.807, 2.05) is 13.8 Å². The number of hydrogen-bond acceptors (Lipinski definition) is 5. The second-order valence-electron chi connectivity index (χ2n) is 4.03. The van der Waals surface area contributed by atoms with E-state index in [0.717, 1.165) is 6.42 Å². The molecule has 0 N–H and O–H groups in total. The van der Waals surface area contributed by atoms with Gasteiger partial charge in [0.25, 0.3) is 0 Å². The minimum absolute atomic E-state index is 0.0585. The summed E-state index contributed by atoms with van der Waals surface area (Å²) in [4.78, 5) is 11.2. The molecule has 0 bridgehead atoms. The Morgan fingerprint density at radius 1 is 1.33 bits per heavy atom. The summed E-state index contributed by atoms with van der Waals surface area (Å²) in [6.45, 7) is 10.4. The molecule has 102 valence electrons. The second-order valence-corrected chi connectivity index (χ2v) is 4.03. The predicted octanol–water partition coefficient (Wildman–Crippen LogP) is 1.83. The van der Waals surface area contributed by atoms with E-state index in [4.69, 9.17) is 19.5 Å². The van der Waals surface area contributed by atoms with Crippen LogP contribution in [0.2, 0.25) is 0 Å². The van der Waals surface area contributed by atoms with Crippen molar-refractivity contribution in [2.24, 2.45) is 0 Å². The first-order valence-electron chi connectivity index (χ1n) is 6.00. The van der Waals surface area contributed by atoms with Crippen LogP contribution in [-0.2, 0) is 19.0 Å². The van der Waals surface area contributed by atoms with E-state index in [0.29, 0.717) is 13.2 Å². The van der Waals surface area contributed by atoms with Gasteiger partial charge in [0.15, 0.2) is 0 Å². The van der Waals surface area contributed by atoms with Crippen LogP contribution in [0.3, 0.4) is 0 Å². The lowest BCUT2D eigenvalue weighted by molar-refractivity contribution is -0.147. The Balaban J connectivity index is 3.76. The molecule has 2 atom stereocenters. The monoisotopic (exact) mass is 255 g/mol. The van der Waals surface area contributed by atoms with Gasteiger partial charge >= 0.3 is 5.97 Å². The summed E-state index contributed by atoms with van der Waals surface area (Å²) in [5.74, 6) is -0.705. The lowest BCUT2D eigenvalue weighted by Gasteiger charge is -2.17. The van der Waals surface area contributed by atoms with Crippen molar-refractivity contribution in [1.29, 1.82) is 5.26 Å². The Bertz CT molecular complexity index is 309. The van der Waals surface area contributed by atoms with Gasteiger partial charge in [0.1, 0.15) is 17.7 Å². The fourth-order valence-electron chi connectivity index (χ4n) is 1.08. The van der Waals surface area contributed by atoms with Crippen LogP contribution in [0.1, 0.15) is 27.2 Å². The molecule has 0 aliphatic carbocycles. The normalized spacial score (nSPS) is 13.4. The van der Waals surface area contributed by atoms with Gasteiger partial charge in [-0.25, -0.2) is 4.79 Å². The number of hydrogen-bond donors (Lipinski definition) is 0. The SMILES string of the molecule is C=C(C#N)C(=O)OC(C)COC(C)COCCC. The zero-order valence-corrected chi connectivity index (χ0v) is 11.3. The van der Waals surface area contributed by atoms with Crippen molar-refractivity contribution in [2.45, 2.75) is 39.4 Å². The van der Waals surface area contributed by atoms with Crippen molar-refractivity contribution in [2.75, 3.05) is 19.8 Å². The largest absolute Gasteiger partial charge is 0.456 e. The highest BCUT2D eigenvalue weighted by atomic mass is 16.6. The molecule has 0 amide bonds. The number of carbonyl (C=O) groups excluding carboxylic acids is 1. The highest BCUT2D eigenvalue weighted by Crippen LogP contribution is 2.01. The number of rotatable bonds is 9. The second kappa shape index (κ2) is 9.63. The number of nitriles is 1. The van der Waals surface area contributed by atoms with Crippen LogP contribution in [0.5, 0.6) is 0 Å². The minimum atomic E-state index is -0.705. The molecule has 0 radical (unpaired) electrons. The van der Waals surface area contributed by atoms with Crippen LogP contribution in [0, 0.1) is 11.3 Å². The number of nitrogens with zero attached hydrogens (tertiary/aromatic N) is 1. The summed E-state index contributed by atoms with van der Waals surface area (Å²) in [5, 5.41) is 8.46. The lowest BCUT2D eigenvalue weighted by atomic mass is 10.3. The summed E-state index contributed by atoms with van der Waals surface area (Å²) < 4.78 is 15.7. The molecule has 0 heterocycles. The van der Waals surface area contributed by atoms with E-state index in [1.165, 1.54) is 0 Å². The maximum atomic E-state index is 11.2. The van der Waals surface area contributed by atoms with Crippen molar-refractivity contribution in [3.8, 4) is 6.07 Å². The number of esters is 1. The average Bonchev–Trinajstić information content (AvgIpc) is 2.35. The lowest BCUT2D eigenvalue weighted by Crippen LogP contribution is -2.25. The van der Waals surface area contributed by atoms with E-state index in [9.17, 15) is 4.79 Å². The molecular weight excluding hydrogens is 234 g/mol. The molecule has 0 rings (SSSR count). The van der Waals surface area contributed by atoms with Crippen molar-refractivity contribution in [3.05, 3.63) is 12.2 Å². The number of ether oxygens (including phenoxy) is 3. The first-order chi connectivity index (χ1) is 8.51. The fourth-order valence-corrected chi connectivity index (χ4v) is 1.08. The van der Waals surface area contributed by atoms with Crippen molar-refractivity contribution >= 4 is 5.97 Å². The first kappa shape index (κ1) is 16.6. The summed E-state index contributed by atoms with van der Waals surface area (Å²) in [6, 6.07) is 1.64. The van der Waals surface area contributed by atoms with E-state index < -0.39 is 12.1 Å². The standard InChI is InChI=1S/C13H21NO4/c1-5-6-16-8-11(3)17-9-12(4)18-13(15)10(2)7-14/h11-12H,2,5-6,8-9H2,1,3-4H3. The van der Waals surface area contributed by atoms with Gasteiger partial charge in [0.2, 0.25) is 0 Å². The molecular formula is C13H21NO4. The van der Waals surface area contributed by atoms with Gasteiger partial charge < -0.3 is 14.2 Å². The Hall–Kier alpha value is -1.38. The predicted molar refractivity (Wildman–Crippen MR) is 66.8 cm³/mol. The minimum Gasteiger partial charge on any atom is -0.456 e. The molecule has 0 saturated carbocycles. The topological polar surface area (TPSA) is 68.6 Å². The third-order valence-corrected chi connectivity index (χ3v) is 2.01. The van der Waals surface area contributed by atoms with Crippen molar-refractivity contribution in [3.63, 3.8) is 0 Å². The third kappa shape index (κ3) is 7.82. The zero-order chi connectivity index (χ0) is 14.0. The molecule has 18 heavy (non-hydrogen) atoms. The maximum absolute atomic E-state index is 11.2. The zero-order valence-electron chi connectivity index (χ0n) is 11.3. The van der Waals surface area contributed by atoms with Gasteiger partial charge in [0.05, 0.1) is 19.3 Å². The molecule has 5 heteroatoms. The first-order valence-corrected chi connectivity index (χ1v) is 6.00. The molecule has 0 aromatic carbocycles. The van der Waals surface area contributed by atoms with E-state index in [-0.39, 0.29) is 18.3 Å². The van der Waals surface area contributed by atoms with Crippen LogP contribution in [0.4, 0.5) is 0 Å². The van der Waals surface area contributed by atoms with Gasteiger partial charge in [-0.3, -0.25) is 0 Å². The average molecular weight is 255 g/mol. The molecule has 0 aliphatic rings. The maximum Gasteiger partial charge on any atom is 0.348 e. The molecule has 0 saturated heterocycles. The Morgan fingerprint density at radius 2 is 2.00 bits per heavy atom. The summed E-state index contributed by atoms with van der Waals surface area (Å²) in [5.41, 5.74) is -0.207. The Morgan fingerprint density at radius 3 is 2.56 bits per heavy atom. The molecule has 2 unspecified atom stereocenters. The van der Waals surface area contributed by atoms with Gasteiger partial charge in [-0.15, -0.1) is 0 Å². The number of carbonyl (C=O) groups is 1. The van der Waals surface area contributed by atoms with Gasteiger partial charge in [-0.2, -0.15) is 5.26 Å². The molecule has 0 aromatic rings. The van der Waals surface area contributed by atoms with Crippen molar-refractivity contribution in [1.82, 2.24) is 0 Å². The van der Waals surface area contributed by atoms with E-state index in [2.05, 4.69) is 6.58 Å². The van der Waals surface area contributed by atoms with Crippen LogP contribution < -0.4 is 0 Å². The third-order valence-electron chi connectivity index (χ3n) is 2.01. The Labute approximate surface area is 108 Å². The molecule has 0 fully saturated rings. The van der Waals surface area contributed by atoms with Crippen LogP contribution in [-0.4, -0.2) is 38.0 Å². The summed E-state index contributed by atoms with van der Waals surface area (Å²) >= 11 is 0.